The van der Waals surface area contributed by atoms with E-state index in [4.69, 9.17) is 5.73 Å². The van der Waals surface area contributed by atoms with Crippen molar-refractivity contribution < 1.29 is 0 Å². The molecule has 1 aliphatic rings. The summed E-state index contributed by atoms with van der Waals surface area (Å²) < 4.78 is 1.21. The van der Waals surface area contributed by atoms with Crippen molar-refractivity contribution in [1.82, 2.24) is 0 Å². The molecule has 0 aromatic heterocycles. The summed E-state index contributed by atoms with van der Waals surface area (Å²) in [4.78, 5) is 0. The van der Waals surface area contributed by atoms with E-state index in [9.17, 15) is 0 Å². The summed E-state index contributed by atoms with van der Waals surface area (Å²) in [6.45, 7) is 3.04. The van der Waals surface area contributed by atoms with E-state index in [0.717, 1.165) is 12.5 Å². The molecule has 0 atom stereocenters. The van der Waals surface area contributed by atoms with Gasteiger partial charge in [-0.3, -0.25) is 0 Å². The van der Waals surface area contributed by atoms with Gasteiger partial charge in [-0.05, 0) is 30.4 Å². The van der Waals surface area contributed by atoms with Crippen LogP contribution >= 0.6 is 15.9 Å². The third-order valence-electron chi connectivity index (χ3n) is 3.77. The van der Waals surface area contributed by atoms with Gasteiger partial charge in [0.15, 0.2) is 0 Å². The van der Waals surface area contributed by atoms with Crippen molar-refractivity contribution in [3.63, 3.8) is 0 Å². The fourth-order valence-electron chi connectivity index (χ4n) is 2.72. The summed E-state index contributed by atoms with van der Waals surface area (Å²) in [6.07, 6.45) is 3.79. The van der Waals surface area contributed by atoms with E-state index in [2.05, 4.69) is 47.1 Å². The van der Waals surface area contributed by atoms with Gasteiger partial charge < -0.3 is 5.73 Å². The molecule has 0 saturated heterocycles. The lowest BCUT2D eigenvalue weighted by molar-refractivity contribution is 0.144. The SMILES string of the molecule is CCC1CC(CN)(c2ccccc2Br)C1. The molecular weight excluding hydrogens is 250 g/mol. The second-order valence-electron chi connectivity index (χ2n) is 4.65. The van der Waals surface area contributed by atoms with E-state index in [1.807, 2.05) is 0 Å². The minimum atomic E-state index is 0.251. The van der Waals surface area contributed by atoms with E-state index in [0.29, 0.717) is 0 Å². The van der Waals surface area contributed by atoms with Gasteiger partial charge in [0.1, 0.15) is 0 Å². The Morgan fingerprint density at radius 2 is 2.07 bits per heavy atom. The maximum atomic E-state index is 5.97. The van der Waals surface area contributed by atoms with Gasteiger partial charge in [-0.1, -0.05) is 47.5 Å². The fraction of sp³-hybridized carbons (Fsp3) is 0.538. The molecule has 0 bridgehead atoms. The first-order chi connectivity index (χ1) is 7.22. The molecule has 2 rings (SSSR count). The second kappa shape index (κ2) is 4.26. The molecule has 1 saturated carbocycles. The van der Waals surface area contributed by atoms with Crippen molar-refractivity contribution in [2.24, 2.45) is 11.7 Å². The van der Waals surface area contributed by atoms with Gasteiger partial charge in [-0.25, -0.2) is 0 Å². The van der Waals surface area contributed by atoms with Gasteiger partial charge in [-0.2, -0.15) is 0 Å². The molecule has 0 amide bonds. The van der Waals surface area contributed by atoms with Gasteiger partial charge in [-0.15, -0.1) is 0 Å². The third-order valence-corrected chi connectivity index (χ3v) is 4.46. The highest BCUT2D eigenvalue weighted by molar-refractivity contribution is 9.10. The number of benzene rings is 1. The van der Waals surface area contributed by atoms with Gasteiger partial charge in [0.25, 0.3) is 0 Å². The molecule has 1 aliphatic carbocycles. The Labute approximate surface area is 100 Å². The molecule has 0 unspecified atom stereocenters. The normalized spacial score (nSPS) is 29.9. The molecule has 0 radical (unpaired) electrons. The van der Waals surface area contributed by atoms with E-state index in [-0.39, 0.29) is 5.41 Å². The Kier molecular flexibility index (Phi) is 3.17. The lowest BCUT2D eigenvalue weighted by atomic mass is 9.58. The van der Waals surface area contributed by atoms with Crippen LogP contribution < -0.4 is 5.73 Å². The number of nitrogens with two attached hydrogens (primary N) is 1. The second-order valence-corrected chi connectivity index (χ2v) is 5.50. The van der Waals surface area contributed by atoms with Crippen LogP contribution in [0.15, 0.2) is 28.7 Å². The summed E-state index contributed by atoms with van der Waals surface area (Å²) in [5.74, 6) is 0.876. The van der Waals surface area contributed by atoms with Crippen molar-refractivity contribution in [2.75, 3.05) is 6.54 Å². The molecule has 82 valence electrons. The molecule has 0 heterocycles. The number of hydrogen-bond donors (Lipinski definition) is 1. The van der Waals surface area contributed by atoms with Crippen molar-refractivity contribution in [3.05, 3.63) is 34.3 Å². The predicted molar refractivity (Wildman–Crippen MR) is 67.9 cm³/mol. The lowest BCUT2D eigenvalue weighted by Gasteiger charge is -2.48. The van der Waals surface area contributed by atoms with E-state index in [1.54, 1.807) is 0 Å². The Hall–Kier alpha value is -0.340. The van der Waals surface area contributed by atoms with Crippen LogP contribution in [0.4, 0.5) is 0 Å². The first kappa shape index (κ1) is 11.2. The van der Waals surface area contributed by atoms with E-state index in [1.165, 1.54) is 29.3 Å². The van der Waals surface area contributed by atoms with Gasteiger partial charge in [0.05, 0.1) is 0 Å². The van der Waals surface area contributed by atoms with Crippen molar-refractivity contribution in [1.29, 1.82) is 0 Å². The topological polar surface area (TPSA) is 26.0 Å². The summed E-state index contributed by atoms with van der Waals surface area (Å²) >= 11 is 3.63. The van der Waals surface area contributed by atoms with E-state index >= 15 is 0 Å². The monoisotopic (exact) mass is 267 g/mol. The number of rotatable bonds is 3. The van der Waals surface area contributed by atoms with Gasteiger partial charge in [0.2, 0.25) is 0 Å². The fourth-order valence-corrected chi connectivity index (χ4v) is 3.43. The zero-order valence-corrected chi connectivity index (χ0v) is 10.8. The Morgan fingerprint density at radius 1 is 1.40 bits per heavy atom. The van der Waals surface area contributed by atoms with Crippen molar-refractivity contribution >= 4 is 15.9 Å². The zero-order valence-electron chi connectivity index (χ0n) is 9.17. The van der Waals surface area contributed by atoms with Gasteiger partial charge in [0, 0.05) is 16.4 Å². The molecular formula is C13H18BrN. The number of halogens is 1. The van der Waals surface area contributed by atoms with Crippen LogP contribution in [0.3, 0.4) is 0 Å². The maximum Gasteiger partial charge on any atom is 0.0213 e. The average Bonchev–Trinajstić information content (AvgIpc) is 2.20. The van der Waals surface area contributed by atoms with Crippen LogP contribution in [0.1, 0.15) is 31.7 Å². The summed E-state index contributed by atoms with van der Waals surface area (Å²) in [5, 5.41) is 0. The third kappa shape index (κ3) is 1.85. The predicted octanol–water partition coefficient (Wildman–Crippen LogP) is 3.47. The van der Waals surface area contributed by atoms with Crippen LogP contribution in [0, 0.1) is 5.92 Å². The quantitative estimate of drug-likeness (QED) is 0.892. The molecule has 2 N–H and O–H groups in total. The van der Waals surface area contributed by atoms with Crippen LogP contribution in [-0.2, 0) is 5.41 Å². The zero-order chi connectivity index (χ0) is 10.9. The molecule has 0 spiro atoms. The molecule has 15 heavy (non-hydrogen) atoms. The van der Waals surface area contributed by atoms with Crippen LogP contribution in [-0.4, -0.2) is 6.54 Å². The maximum absolute atomic E-state index is 5.97. The molecule has 1 aromatic rings. The number of hydrogen-bond acceptors (Lipinski definition) is 1. The Bertz CT molecular complexity index is 342. The van der Waals surface area contributed by atoms with Crippen LogP contribution in [0.2, 0.25) is 0 Å². The molecule has 2 heteroatoms. The Morgan fingerprint density at radius 3 is 2.60 bits per heavy atom. The molecule has 1 nitrogen and oxygen atoms in total. The largest absolute Gasteiger partial charge is 0.330 e. The van der Waals surface area contributed by atoms with Crippen molar-refractivity contribution in [3.8, 4) is 0 Å². The first-order valence-corrected chi connectivity index (χ1v) is 6.46. The van der Waals surface area contributed by atoms with Gasteiger partial charge >= 0.3 is 0 Å². The molecule has 1 aromatic carbocycles. The van der Waals surface area contributed by atoms with E-state index < -0.39 is 0 Å². The summed E-state index contributed by atoms with van der Waals surface area (Å²) in [5.41, 5.74) is 7.62. The minimum Gasteiger partial charge on any atom is -0.330 e. The Balaban J connectivity index is 2.26. The smallest absolute Gasteiger partial charge is 0.0213 e. The van der Waals surface area contributed by atoms with Crippen LogP contribution in [0.5, 0.6) is 0 Å². The highest BCUT2D eigenvalue weighted by atomic mass is 79.9. The minimum absolute atomic E-state index is 0.251. The molecule has 1 fully saturated rings. The standard InChI is InChI=1S/C13H18BrN/c1-2-10-7-13(8-10,9-15)11-5-3-4-6-12(11)14/h3-6,10H,2,7-9,15H2,1H3. The molecule has 0 aliphatic heterocycles. The highest BCUT2D eigenvalue weighted by Gasteiger charge is 2.44. The summed E-state index contributed by atoms with van der Waals surface area (Å²) in [6, 6.07) is 8.50. The van der Waals surface area contributed by atoms with Crippen LogP contribution in [0.25, 0.3) is 0 Å². The highest BCUT2D eigenvalue weighted by Crippen LogP contribution is 2.50. The lowest BCUT2D eigenvalue weighted by Crippen LogP contribution is -2.47. The van der Waals surface area contributed by atoms with Crippen molar-refractivity contribution in [2.45, 2.75) is 31.6 Å². The summed E-state index contributed by atoms with van der Waals surface area (Å²) in [7, 11) is 0. The average molecular weight is 268 g/mol. The first-order valence-electron chi connectivity index (χ1n) is 5.67.